The lowest BCUT2D eigenvalue weighted by Gasteiger charge is -2.18. The van der Waals surface area contributed by atoms with Crippen molar-refractivity contribution in [3.8, 4) is 0 Å². The second kappa shape index (κ2) is 8.69. The number of carboxylic acids is 1. The third-order valence-electron chi connectivity index (χ3n) is 2.95. The summed E-state index contributed by atoms with van der Waals surface area (Å²) in [5.74, 6) is 0.272. The summed E-state index contributed by atoms with van der Waals surface area (Å²) in [5.41, 5.74) is 0. The van der Waals surface area contributed by atoms with Crippen LogP contribution in [0.2, 0.25) is 0 Å². The summed E-state index contributed by atoms with van der Waals surface area (Å²) in [4.78, 5) is 23.7. The summed E-state index contributed by atoms with van der Waals surface area (Å²) in [6.45, 7) is 2.11. The topological polar surface area (TPSA) is 57.6 Å². The number of unbranched alkanes of at least 4 members (excludes halogenated alkanes) is 1. The normalized spacial score (nSPS) is 18.8. The summed E-state index contributed by atoms with van der Waals surface area (Å²) in [6.07, 6.45) is 4.87. The van der Waals surface area contributed by atoms with Crippen molar-refractivity contribution >= 4 is 33.5 Å². The predicted molar refractivity (Wildman–Crippen MR) is 76.8 cm³/mol. The fourth-order valence-corrected chi connectivity index (χ4v) is 4.94. The molecule has 1 aliphatic heterocycles. The Labute approximate surface area is 116 Å². The van der Waals surface area contributed by atoms with Crippen molar-refractivity contribution in [2.75, 3.05) is 18.8 Å². The number of hydrogen-bond donors (Lipinski definition) is 1. The molecule has 0 aromatic heterocycles. The Morgan fingerprint density at radius 1 is 1.39 bits per heavy atom. The molecule has 1 aliphatic rings. The monoisotopic (exact) mass is 291 g/mol. The molecule has 0 aromatic rings. The van der Waals surface area contributed by atoms with E-state index in [0.29, 0.717) is 13.0 Å². The largest absolute Gasteiger partial charge is 0.480 e. The molecule has 18 heavy (non-hydrogen) atoms. The van der Waals surface area contributed by atoms with Crippen molar-refractivity contribution < 1.29 is 14.7 Å². The van der Waals surface area contributed by atoms with Crippen molar-refractivity contribution in [3.63, 3.8) is 0 Å². The average Bonchev–Trinajstić information content (AvgIpc) is 2.84. The van der Waals surface area contributed by atoms with Crippen LogP contribution in [0.5, 0.6) is 0 Å². The molecule has 1 heterocycles. The van der Waals surface area contributed by atoms with Gasteiger partial charge in [0.2, 0.25) is 5.91 Å². The van der Waals surface area contributed by atoms with Gasteiger partial charge in [0.1, 0.15) is 6.54 Å². The van der Waals surface area contributed by atoms with Gasteiger partial charge in [-0.15, -0.1) is 0 Å². The van der Waals surface area contributed by atoms with Crippen LogP contribution in [0.4, 0.5) is 0 Å². The Bertz CT molecular complexity index is 280. The van der Waals surface area contributed by atoms with Crippen LogP contribution in [-0.2, 0) is 9.59 Å². The van der Waals surface area contributed by atoms with Crippen LogP contribution in [0.15, 0.2) is 0 Å². The van der Waals surface area contributed by atoms with E-state index in [0.717, 1.165) is 18.1 Å². The molecule has 104 valence electrons. The van der Waals surface area contributed by atoms with Crippen LogP contribution in [0, 0.1) is 0 Å². The van der Waals surface area contributed by atoms with E-state index in [4.69, 9.17) is 5.11 Å². The van der Waals surface area contributed by atoms with E-state index in [1.807, 2.05) is 28.5 Å². The van der Waals surface area contributed by atoms with Crippen LogP contribution in [0.3, 0.4) is 0 Å². The van der Waals surface area contributed by atoms with Gasteiger partial charge < -0.3 is 10.0 Å². The van der Waals surface area contributed by atoms with Gasteiger partial charge in [-0.1, -0.05) is 28.0 Å². The van der Waals surface area contributed by atoms with Crippen LogP contribution in [-0.4, -0.2) is 46.0 Å². The van der Waals surface area contributed by atoms with Gasteiger partial charge in [-0.2, -0.15) is 0 Å². The van der Waals surface area contributed by atoms with E-state index in [9.17, 15) is 9.59 Å². The van der Waals surface area contributed by atoms with E-state index >= 15 is 0 Å². The first-order valence-electron chi connectivity index (χ1n) is 6.41. The number of carbonyl (C=O) groups is 2. The molecule has 1 fully saturated rings. The Balaban J connectivity index is 2.12. The van der Waals surface area contributed by atoms with Gasteiger partial charge in [0.15, 0.2) is 0 Å². The molecule has 6 heteroatoms. The highest BCUT2D eigenvalue weighted by Crippen LogP contribution is 2.39. The Morgan fingerprint density at radius 2 is 2.17 bits per heavy atom. The molecule has 1 amide bonds. The molecule has 0 aliphatic carbocycles. The standard InChI is InChI=1S/C12H21NO3S2/c1-2-13(9-12(15)16)11(14)6-4-3-5-10-7-8-17-18-10/h10H,2-9H2,1H3,(H,15,16). The van der Waals surface area contributed by atoms with Crippen LogP contribution in [0.1, 0.15) is 39.0 Å². The number of hydrogen-bond acceptors (Lipinski definition) is 4. The quantitative estimate of drug-likeness (QED) is 0.550. The van der Waals surface area contributed by atoms with Crippen LogP contribution in [0.25, 0.3) is 0 Å². The van der Waals surface area contributed by atoms with Crippen LogP contribution < -0.4 is 0 Å². The summed E-state index contributed by atoms with van der Waals surface area (Å²) in [5, 5.41) is 9.44. The fourth-order valence-electron chi connectivity index (χ4n) is 1.91. The van der Waals surface area contributed by atoms with E-state index < -0.39 is 5.97 Å². The Kier molecular flexibility index (Phi) is 7.58. The number of aliphatic carboxylic acids is 1. The molecule has 0 saturated carbocycles. The lowest BCUT2D eigenvalue weighted by molar-refractivity contribution is -0.144. The minimum absolute atomic E-state index is 0.0339. The molecule has 0 bridgehead atoms. The number of nitrogens with zero attached hydrogens (tertiary/aromatic N) is 1. The minimum Gasteiger partial charge on any atom is -0.480 e. The van der Waals surface area contributed by atoms with Gasteiger partial charge in [-0.3, -0.25) is 9.59 Å². The molecular formula is C12H21NO3S2. The molecule has 0 aromatic carbocycles. The van der Waals surface area contributed by atoms with Crippen molar-refractivity contribution in [1.82, 2.24) is 4.90 Å². The SMILES string of the molecule is CCN(CC(=O)O)C(=O)CCCCC1CCSS1. The number of carbonyl (C=O) groups excluding carboxylic acids is 1. The highest BCUT2D eigenvalue weighted by atomic mass is 33.1. The van der Waals surface area contributed by atoms with Crippen LogP contribution >= 0.6 is 21.6 Å². The van der Waals surface area contributed by atoms with Gasteiger partial charge in [0.05, 0.1) is 0 Å². The van der Waals surface area contributed by atoms with E-state index in [1.54, 1.807) is 0 Å². The average molecular weight is 291 g/mol. The first-order chi connectivity index (χ1) is 8.63. The zero-order valence-corrected chi connectivity index (χ0v) is 12.4. The third kappa shape index (κ3) is 6.00. The number of amides is 1. The molecule has 0 radical (unpaired) electrons. The maximum atomic E-state index is 11.8. The first kappa shape index (κ1) is 15.7. The highest BCUT2D eigenvalue weighted by molar-refractivity contribution is 8.77. The summed E-state index contributed by atoms with van der Waals surface area (Å²) in [7, 11) is 3.90. The zero-order valence-electron chi connectivity index (χ0n) is 10.8. The predicted octanol–water partition coefficient (Wildman–Crippen LogP) is 2.63. The van der Waals surface area contributed by atoms with Gasteiger partial charge in [0.25, 0.3) is 0 Å². The third-order valence-corrected chi connectivity index (χ3v) is 5.96. The minimum atomic E-state index is -0.940. The number of rotatable bonds is 8. The number of likely N-dealkylation sites (N-methyl/N-ethyl adjacent to an activating group) is 1. The van der Waals surface area contributed by atoms with Crippen molar-refractivity contribution in [3.05, 3.63) is 0 Å². The summed E-state index contributed by atoms with van der Waals surface area (Å²) in [6, 6.07) is 0. The summed E-state index contributed by atoms with van der Waals surface area (Å²) < 4.78 is 0. The van der Waals surface area contributed by atoms with E-state index in [2.05, 4.69) is 0 Å². The number of carboxylic acid groups (broad SMARTS) is 1. The molecule has 1 rings (SSSR count). The maximum Gasteiger partial charge on any atom is 0.323 e. The Morgan fingerprint density at radius 3 is 2.72 bits per heavy atom. The smallest absolute Gasteiger partial charge is 0.323 e. The van der Waals surface area contributed by atoms with Crippen molar-refractivity contribution in [1.29, 1.82) is 0 Å². The molecule has 1 N–H and O–H groups in total. The molecule has 1 saturated heterocycles. The second-order valence-electron chi connectivity index (χ2n) is 4.38. The Hall–Kier alpha value is -0.360. The van der Waals surface area contributed by atoms with Gasteiger partial charge >= 0.3 is 5.97 Å². The first-order valence-corrected chi connectivity index (χ1v) is 8.79. The molecule has 1 unspecified atom stereocenters. The molecule has 1 atom stereocenters. The lowest BCUT2D eigenvalue weighted by Crippen LogP contribution is -2.35. The summed E-state index contributed by atoms with van der Waals surface area (Å²) >= 11 is 0. The molecule has 4 nitrogen and oxygen atoms in total. The highest BCUT2D eigenvalue weighted by Gasteiger charge is 2.17. The maximum absolute atomic E-state index is 11.8. The molecule has 0 spiro atoms. The lowest BCUT2D eigenvalue weighted by atomic mass is 10.1. The van der Waals surface area contributed by atoms with Crippen molar-refractivity contribution in [2.24, 2.45) is 0 Å². The molecular weight excluding hydrogens is 270 g/mol. The second-order valence-corrected chi connectivity index (χ2v) is 7.16. The van der Waals surface area contributed by atoms with Gasteiger partial charge in [0, 0.05) is 24.0 Å². The van der Waals surface area contributed by atoms with Gasteiger partial charge in [-0.05, 0) is 26.2 Å². The van der Waals surface area contributed by atoms with E-state index in [1.165, 1.54) is 23.5 Å². The zero-order chi connectivity index (χ0) is 13.4. The van der Waals surface area contributed by atoms with Gasteiger partial charge in [-0.25, -0.2) is 0 Å². The van der Waals surface area contributed by atoms with Crippen molar-refractivity contribution in [2.45, 2.75) is 44.3 Å². The van der Waals surface area contributed by atoms with E-state index in [-0.39, 0.29) is 12.5 Å². The fraction of sp³-hybridized carbons (Fsp3) is 0.833.